The Labute approximate surface area is 175 Å². The molecule has 0 spiro atoms. The minimum atomic E-state index is -0.0175. The standard InChI is InChI=1S/C23H24N4O3/c1-15-2-3-16(23(28)26-18-4-5-18)8-22(15)17-10-25-27(13-17)19-9-21(12-24-11-19)30-20-6-7-29-14-20/h2-3,8-13,18,20H,4-7,14H2,1H3,(H,26,28). The smallest absolute Gasteiger partial charge is 0.251 e. The summed E-state index contributed by atoms with van der Waals surface area (Å²) in [6.45, 7) is 3.38. The van der Waals surface area contributed by atoms with Crippen molar-refractivity contribution in [2.45, 2.75) is 38.3 Å². The second kappa shape index (κ2) is 7.91. The van der Waals surface area contributed by atoms with Crippen molar-refractivity contribution in [1.29, 1.82) is 0 Å². The van der Waals surface area contributed by atoms with Gasteiger partial charge >= 0.3 is 0 Å². The number of carbonyl (C=O) groups is 1. The van der Waals surface area contributed by atoms with Crippen molar-refractivity contribution >= 4 is 5.91 Å². The predicted octanol–water partition coefficient (Wildman–Crippen LogP) is 3.30. The van der Waals surface area contributed by atoms with E-state index in [0.29, 0.717) is 24.0 Å². The van der Waals surface area contributed by atoms with E-state index >= 15 is 0 Å². The molecule has 2 aromatic heterocycles. The number of nitrogens with zero attached hydrogens (tertiary/aromatic N) is 3. The van der Waals surface area contributed by atoms with Gasteiger partial charge in [0.25, 0.3) is 5.91 Å². The topological polar surface area (TPSA) is 78.3 Å². The van der Waals surface area contributed by atoms with Crippen LogP contribution in [0.3, 0.4) is 0 Å². The molecule has 7 nitrogen and oxygen atoms in total. The summed E-state index contributed by atoms with van der Waals surface area (Å²) in [7, 11) is 0. The van der Waals surface area contributed by atoms with E-state index in [1.807, 2.05) is 43.6 Å². The molecule has 0 radical (unpaired) electrons. The average Bonchev–Trinajstić information content (AvgIpc) is 3.20. The molecule has 0 bridgehead atoms. The first-order valence-electron chi connectivity index (χ1n) is 10.3. The van der Waals surface area contributed by atoms with E-state index in [9.17, 15) is 4.79 Å². The minimum Gasteiger partial charge on any atom is -0.486 e. The van der Waals surface area contributed by atoms with Gasteiger partial charge in [-0.25, -0.2) is 4.68 Å². The molecule has 1 unspecified atom stereocenters. The molecule has 1 N–H and O–H groups in total. The number of rotatable bonds is 6. The van der Waals surface area contributed by atoms with Crippen molar-refractivity contribution in [2.24, 2.45) is 0 Å². The Kier molecular flexibility index (Phi) is 4.96. The second-order valence-electron chi connectivity index (χ2n) is 7.93. The van der Waals surface area contributed by atoms with E-state index in [0.717, 1.165) is 48.2 Å². The first-order valence-corrected chi connectivity index (χ1v) is 10.3. The normalized spacial score (nSPS) is 18.4. The Morgan fingerprint density at radius 2 is 2.10 bits per heavy atom. The van der Waals surface area contributed by atoms with Crippen molar-refractivity contribution in [1.82, 2.24) is 20.1 Å². The number of aryl methyl sites for hydroxylation is 1. The number of benzene rings is 1. The van der Waals surface area contributed by atoms with Crippen molar-refractivity contribution in [3.05, 3.63) is 60.2 Å². The number of aromatic nitrogens is 3. The van der Waals surface area contributed by atoms with Crippen LogP contribution >= 0.6 is 0 Å². The third kappa shape index (κ3) is 4.07. The monoisotopic (exact) mass is 404 g/mol. The fourth-order valence-corrected chi connectivity index (χ4v) is 3.57. The molecule has 1 atom stereocenters. The van der Waals surface area contributed by atoms with Crippen molar-refractivity contribution < 1.29 is 14.3 Å². The number of nitrogens with one attached hydrogen (secondary N) is 1. The Morgan fingerprint density at radius 3 is 2.90 bits per heavy atom. The quantitative estimate of drug-likeness (QED) is 0.682. The van der Waals surface area contributed by atoms with Crippen LogP contribution in [0.2, 0.25) is 0 Å². The number of carbonyl (C=O) groups excluding carboxylic acids is 1. The lowest BCUT2D eigenvalue weighted by molar-refractivity contribution is 0.0951. The maximum absolute atomic E-state index is 12.4. The summed E-state index contributed by atoms with van der Waals surface area (Å²) in [6.07, 6.45) is 10.3. The maximum atomic E-state index is 12.4. The van der Waals surface area contributed by atoms with Gasteiger partial charge in [0.05, 0.1) is 37.5 Å². The van der Waals surface area contributed by atoms with Gasteiger partial charge in [0.15, 0.2) is 0 Å². The average molecular weight is 404 g/mol. The number of pyridine rings is 1. The van der Waals surface area contributed by atoms with E-state index in [-0.39, 0.29) is 12.0 Å². The number of hydrogen-bond donors (Lipinski definition) is 1. The lowest BCUT2D eigenvalue weighted by atomic mass is 10.0. The summed E-state index contributed by atoms with van der Waals surface area (Å²) in [6, 6.07) is 8.05. The molecular formula is C23H24N4O3. The molecule has 154 valence electrons. The minimum absolute atomic E-state index is 0.0175. The van der Waals surface area contributed by atoms with Gasteiger partial charge in [-0.15, -0.1) is 0 Å². The lowest BCUT2D eigenvalue weighted by Gasteiger charge is -2.12. The Hall–Kier alpha value is -3.19. The van der Waals surface area contributed by atoms with E-state index in [1.165, 1.54) is 0 Å². The fourth-order valence-electron chi connectivity index (χ4n) is 3.57. The van der Waals surface area contributed by atoms with Crippen molar-refractivity contribution in [3.8, 4) is 22.6 Å². The molecule has 3 heterocycles. The zero-order chi connectivity index (χ0) is 20.5. The molecule has 2 fully saturated rings. The second-order valence-corrected chi connectivity index (χ2v) is 7.93. The van der Waals surface area contributed by atoms with E-state index in [2.05, 4.69) is 15.4 Å². The third-order valence-electron chi connectivity index (χ3n) is 5.46. The van der Waals surface area contributed by atoms with Crippen molar-refractivity contribution in [3.63, 3.8) is 0 Å². The number of ether oxygens (including phenoxy) is 2. The van der Waals surface area contributed by atoms with Gasteiger partial charge in [0.1, 0.15) is 11.9 Å². The first-order chi connectivity index (χ1) is 14.7. The maximum Gasteiger partial charge on any atom is 0.251 e. The fraction of sp³-hybridized carbons (Fsp3) is 0.348. The highest BCUT2D eigenvalue weighted by atomic mass is 16.5. The third-order valence-corrected chi connectivity index (χ3v) is 5.46. The lowest BCUT2D eigenvalue weighted by Crippen LogP contribution is -2.25. The van der Waals surface area contributed by atoms with Crippen LogP contribution in [-0.4, -0.2) is 46.0 Å². The largest absolute Gasteiger partial charge is 0.486 e. The van der Waals surface area contributed by atoms with Gasteiger partial charge < -0.3 is 14.8 Å². The van der Waals surface area contributed by atoms with Crippen LogP contribution in [0.25, 0.3) is 16.8 Å². The van der Waals surface area contributed by atoms with Crippen LogP contribution in [0.5, 0.6) is 5.75 Å². The van der Waals surface area contributed by atoms with Crippen LogP contribution in [0.1, 0.15) is 35.2 Å². The predicted molar refractivity (Wildman–Crippen MR) is 112 cm³/mol. The highest BCUT2D eigenvalue weighted by molar-refractivity contribution is 5.96. The molecule has 1 saturated heterocycles. The summed E-state index contributed by atoms with van der Waals surface area (Å²) in [5.74, 6) is 0.686. The number of amides is 1. The summed E-state index contributed by atoms with van der Waals surface area (Å²) < 4.78 is 13.1. The molecule has 2 aliphatic rings. The van der Waals surface area contributed by atoms with Crippen LogP contribution in [0.15, 0.2) is 49.1 Å². The van der Waals surface area contributed by atoms with Crippen LogP contribution < -0.4 is 10.1 Å². The molecule has 30 heavy (non-hydrogen) atoms. The molecule has 7 heteroatoms. The van der Waals surface area contributed by atoms with Gasteiger partial charge in [0.2, 0.25) is 0 Å². The molecule has 1 amide bonds. The summed E-state index contributed by atoms with van der Waals surface area (Å²) >= 11 is 0. The molecule has 1 aliphatic carbocycles. The van der Waals surface area contributed by atoms with Crippen LogP contribution in [0.4, 0.5) is 0 Å². The Bertz CT molecular complexity index is 1070. The molecule has 1 aliphatic heterocycles. The zero-order valence-electron chi connectivity index (χ0n) is 16.9. The molecular weight excluding hydrogens is 380 g/mol. The summed E-state index contributed by atoms with van der Waals surface area (Å²) in [5, 5.41) is 7.55. The molecule has 1 saturated carbocycles. The molecule has 5 rings (SSSR count). The van der Waals surface area contributed by atoms with Crippen LogP contribution in [0, 0.1) is 6.92 Å². The SMILES string of the molecule is Cc1ccc(C(=O)NC2CC2)cc1-c1cnn(-c2cncc(OC3CCOC3)c2)c1. The summed E-state index contributed by atoms with van der Waals surface area (Å²) in [4.78, 5) is 16.7. The van der Waals surface area contributed by atoms with Crippen molar-refractivity contribution in [2.75, 3.05) is 13.2 Å². The zero-order valence-corrected chi connectivity index (χ0v) is 16.9. The van der Waals surface area contributed by atoms with E-state index in [1.54, 1.807) is 17.1 Å². The van der Waals surface area contributed by atoms with Gasteiger partial charge in [-0.3, -0.25) is 9.78 Å². The summed E-state index contributed by atoms with van der Waals surface area (Å²) in [5.41, 5.74) is 4.52. The van der Waals surface area contributed by atoms with E-state index in [4.69, 9.17) is 9.47 Å². The van der Waals surface area contributed by atoms with Gasteiger partial charge in [0, 0.05) is 35.9 Å². The number of hydrogen-bond acceptors (Lipinski definition) is 5. The first kappa shape index (κ1) is 18.8. The Morgan fingerprint density at radius 1 is 1.20 bits per heavy atom. The van der Waals surface area contributed by atoms with Gasteiger partial charge in [-0.1, -0.05) is 6.07 Å². The molecule has 3 aromatic rings. The van der Waals surface area contributed by atoms with Gasteiger partial charge in [-0.2, -0.15) is 5.10 Å². The highest BCUT2D eigenvalue weighted by Gasteiger charge is 2.24. The van der Waals surface area contributed by atoms with E-state index < -0.39 is 0 Å². The highest BCUT2D eigenvalue weighted by Crippen LogP contribution is 2.27. The molecule has 1 aromatic carbocycles. The van der Waals surface area contributed by atoms with Gasteiger partial charge in [-0.05, 0) is 43.0 Å². The Balaban J connectivity index is 1.38. The van der Waals surface area contributed by atoms with Crippen LogP contribution in [-0.2, 0) is 4.74 Å².